The molecule has 5 heteroatoms. The molecule has 0 saturated carbocycles. The van der Waals surface area contributed by atoms with Crippen molar-refractivity contribution < 1.29 is 18.3 Å². The number of rotatable bonds is 7. The molecule has 0 aliphatic heterocycles. The first kappa shape index (κ1) is 16.7. The first-order chi connectivity index (χ1) is 9.32. The zero-order valence-corrected chi connectivity index (χ0v) is 12.3. The van der Waals surface area contributed by atoms with Gasteiger partial charge in [0.25, 0.3) is 0 Å². The van der Waals surface area contributed by atoms with Gasteiger partial charge in [0.15, 0.2) is 5.78 Å². The Morgan fingerprint density at radius 1 is 1.30 bits per heavy atom. The van der Waals surface area contributed by atoms with Gasteiger partial charge in [-0.2, -0.15) is 0 Å². The van der Waals surface area contributed by atoms with Crippen LogP contribution in [0.5, 0.6) is 0 Å². The van der Waals surface area contributed by atoms with E-state index in [9.17, 15) is 13.6 Å². The standard InChI is InChI=1S/C15H21F2NO2/c1-10(2)20-8-7-18(4)11(3)15(19)13-6-5-12(16)9-14(13)17/h5-6,9-11H,7-8H2,1-4H3. The summed E-state index contributed by atoms with van der Waals surface area (Å²) in [5, 5.41) is 0. The smallest absolute Gasteiger partial charge is 0.182 e. The fraction of sp³-hybridized carbons (Fsp3) is 0.533. The minimum Gasteiger partial charge on any atom is -0.377 e. The summed E-state index contributed by atoms with van der Waals surface area (Å²) in [4.78, 5) is 14.0. The predicted molar refractivity (Wildman–Crippen MR) is 73.9 cm³/mol. The second kappa shape index (κ2) is 7.45. The molecular formula is C15H21F2NO2. The van der Waals surface area contributed by atoms with Gasteiger partial charge in [-0.15, -0.1) is 0 Å². The van der Waals surface area contributed by atoms with Crippen LogP contribution < -0.4 is 0 Å². The van der Waals surface area contributed by atoms with Crippen LogP contribution in [0, 0.1) is 11.6 Å². The topological polar surface area (TPSA) is 29.5 Å². The van der Waals surface area contributed by atoms with Gasteiger partial charge in [-0.05, 0) is 40.0 Å². The van der Waals surface area contributed by atoms with Crippen LogP contribution in [0.3, 0.4) is 0 Å². The molecule has 1 unspecified atom stereocenters. The molecule has 0 spiro atoms. The van der Waals surface area contributed by atoms with Crippen molar-refractivity contribution in [2.75, 3.05) is 20.2 Å². The molecule has 0 N–H and O–H groups in total. The highest BCUT2D eigenvalue weighted by Gasteiger charge is 2.22. The second-order valence-corrected chi connectivity index (χ2v) is 5.06. The Labute approximate surface area is 118 Å². The lowest BCUT2D eigenvalue weighted by Crippen LogP contribution is -2.38. The summed E-state index contributed by atoms with van der Waals surface area (Å²) in [7, 11) is 1.77. The quantitative estimate of drug-likeness (QED) is 0.721. The molecule has 20 heavy (non-hydrogen) atoms. The van der Waals surface area contributed by atoms with E-state index in [1.54, 1.807) is 18.9 Å². The average Bonchev–Trinajstić information content (AvgIpc) is 2.36. The summed E-state index contributed by atoms with van der Waals surface area (Å²) in [6.07, 6.45) is 0.129. The molecule has 112 valence electrons. The predicted octanol–water partition coefficient (Wildman–Crippen LogP) is 2.89. The van der Waals surface area contributed by atoms with E-state index < -0.39 is 17.7 Å². The van der Waals surface area contributed by atoms with E-state index in [0.29, 0.717) is 13.2 Å². The second-order valence-electron chi connectivity index (χ2n) is 5.06. The highest BCUT2D eigenvalue weighted by atomic mass is 19.1. The van der Waals surface area contributed by atoms with Gasteiger partial charge in [0.2, 0.25) is 0 Å². The SMILES string of the molecule is CC(C)OCCN(C)C(C)C(=O)c1ccc(F)cc1F. The molecule has 0 radical (unpaired) electrons. The number of halogens is 2. The van der Waals surface area contributed by atoms with Gasteiger partial charge in [0, 0.05) is 12.6 Å². The van der Waals surface area contributed by atoms with E-state index in [-0.39, 0.29) is 17.5 Å². The first-order valence-electron chi connectivity index (χ1n) is 6.64. The Kier molecular flexibility index (Phi) is 6.23. The Balaban J connectivity index is 2.66. The van der Waals surface area contributed by atoms with Crippen molar-refractivity contribution in [3.05, 3.63) is 35.4 Å². The van der Waals surface area contributed by atoms with Crippen molar-refractivity contribution in [1.82, 2.24) is 4.90 Å². The van der Waals surface area contributed by atoms with Crippen molar-refractivity contribution >= 4 is 5.78 Å². The van der Waals surface area contributed by atoms with Crippen LogP contribution in [0.4, 0.5) is 8.78 Å². The fourth-order valence-electron chi connectivity index (χ4n) is 1.74. The minimum absolute atomic E-state index is 0.0875. The van der Waals surface area contributed by atoms with Crippen molar-refractivity contribution in [1.29, 1.82) is 0 Å². The van der Waals surface area contributed by atoms with E-state index in [0.717, 1.165) is 12.1 Å². The average molecular weight is 285 g/mol. The summed E-state index contributed by atoms with van der Waals surface area (Å²) in [6, 6.07) is 2.50. The van der Waals surface area contributed by atoms with Gasteiger partial charge in [0.05, 0.1) is 24.3 Å². The molecule has 3 nitrogen and oxygen atoms in total. The zero-order chi connectivity index (χ0) is 15.3. The molecular weight excluding hydrogens is 264 g/mol. The summed E-state index contributed by atoms with van der Waals surface area (Å²) < 4.78 is 31.8. The van der Waals surface area contributed by atoms with Crippen LogP contribution in [0.1, 0.15) is 31.1 Å². The van der Waals surface area contributed by atoms with Crippen LogP contribution in [0.2, 0.25) is 0 Å². The van der Waals surface area contributed by atoms with Crippen molar-refractivity contribution in [3.8, 4) is 0 Å². The maximum absolute atomic E-state index is 13.6. The van der Waals surface area contributed by atoms with E-state index >= 15 is 0 Å². The molecule has 1 aromatic rings. The third kappa shape index (κ3) is 4.65. The number of carbonyl (C=O) groups is 1. The number of benzene rings is 1. The van der Waals surface area contributed by atoms with Gasteiger partial charge in [-0.3, -0.25) is 9.69 Å². The third-order valence-corrected chi connectivity index (χ3v) is 3.13. The van der Waals surface area contributed by atoms with Gasteiger partial charge in [-0.25, -0.2) is 8.78 Å². The molecule has 1 atom stereocenters. The maximum atomic E-state index is 13.6. The van der Waals surface area contributed by atoms with Crippen LogP contribution >= 0.6 is 0 Å². The number of Topliss-reactive ketones (excluding diaryl/α,β-unsaturated/α-hetero) is 1. The Hall–Kier alpha value is -1.33. The lowest BCUT2D eigenvalue weighted by Gasteiger charge is -2.24. The number of hydrogen-bond donors (Lipinski definition) is 0. The highest BCUT2D eigenvalue weighted by Crippen LogP contribution is 2.14. The lowest BCUT2D eigenvalue weighted by molar-refractivity contribution is 0.0540. The van der Waals surface area contributed by atoms with Crippen LogP contribution in [-0.2, 0) is 4.74 Å². The maximum Gasteiger partial charge on any atom is 0.182 e. The molecule has 0 saturated heterocycles. The Morgan fingerprint density at radius 2 is 1.95 bits per heavy atom. The summed E-state index contributed by atoms with van der Waals surface area (Å²) in [6.45, 7) is 6.62. The number of carbonyl (C=O) groups excluding carboxylic acids is 1. The molecule has 1 rings (SSSR count). The number of hydrogen-bond acceptors (Lipinski definition) is 3. The van der Waals surface area contributed by atoms with Gasteiger partial charge in [0.1, 0.15) is 11.6 Å². The zero-order valence-electron chi connectivity index (χ0n) is 12.3. The third-order valence-electron chi connectivity index (χ3n) is 3.13. The van der Waals surface area contributed by atoms with E-state index in [1.165, 1.54) is 6.07 Å². The lowest BCUT2D eigenvalue weighted by atomic mass is 10.0. The summed E-state index contributed by atoms with van der Waals surface area (Å²) >= 11 is 0. The molecule has 1 aromatic carbocycles. The van der Waals surface area contributed by atoms with Crippen LogP contribution in [-0.4, -0.2) is 43.0 Å². The minimum atomic E-state index is -0.825. The molecule has 0 amide bonds. The van der Waals surface area contributed by atoms with Crippen LogP contribution in [0.15, 0.2) is 18.2 Å². The van der Waals surface area contributed by atoms with Gasteiger partial charge in [-0.1, -0.05) is 0 Å². The van der Waals surface area contributed by atoms with Crippen molar-refractivity contribution in [3.63, 3.8) is 0 Å². The van der Waals surface area contributed by atoms with Crippen molar-refractivity contribution in [2.24, 2.45) is 0 Å². The Bertz CT molecular complexity index is 463. The first-order valence-corrected chi connectivity index (χ1v) is 6.64. The highest BCUT2D eigenvalue weighted by molar-refractivity contribution is 6.00. The molecule has 0 fully saturated rings. The number of ether oxygens (including phenoxy) is 1. The molecule has 0 aromatic heterocycles. The molecule has 0 heterocycles. The monoisotopic (exact) mass is 285 g/mol. The molecule has 0 aliphatic rings. The van der Waals surface area contributed by atoms with E-state index in [1.807, 2.05) is 13.8 Å². The number of nitrogens with zero attached hydrogens (tertiary/aromatic N) is 1. The van der Waals surface area contributed by atoms with Crippen molar-refractivity contribution in [2.45, 2.75) is 32.9 Å². The van der Waals surface area contributed by atoms with E-state index in [2.05, 4.69) is 0 Å². The summed E-state index contributed by atoms with van der Waals surface area (Å²) in [5.41, 5.74) is -0.0875. The fourth-order valence-corrected chi connectivity index (χ4v) is 1.74. The number of ketones is 1. The molecule has 0 bridgehead atoms. The largest absolute Gasteiger partial charge is 0.377 e. The van der Waals surface area contributed by atoms with Gasteiger partial charge >= 0.3 is 0 Å². The van der Waals surface area contributed by atoms with Gasteiger partial charge < -0.3 is 4.74 Å². The number of likely N-dealkylation sites (N-methyl/N-ethyl adjacent to an activating group) is 1. The Morgan fingerprint density at radius 3 is 2.50 bits per heavy atom. The van der Waals surface area contributed by atoms with Crippen LogP contribution in [0.25, 0.3) is 0 Å². The molecule has 0 aliphatic carbocycles. The normalized spacial score (nSPS) is 13.0. The van der Waals surface area contributed by atoms with E-state index in [4.69, 9.17) is 4.74 Å². The summed E-state index contributed by atoms with van der Waals surface area (Å²) in [5.74, 6) is -1.88.